The number of hydrogen-bond acceptors (Lipinski definition) is 13. The summed E-state index contributed by atoms with van der Waals surface area (Å²) in [6.45, 7) is 3.80. The summed E-state index contributed by atoms with van der Waals surface area (Å²) in [4.78, 5) is 41.5. The zero-order valence-corrected chi connectivity index (χ0v) is 23.7. The molecule has 0 aliphatic heterocycles. The number of aromatic hydroxyl groups is 2. The van der Waals surface area contributed by atoms with Crippen molar-refractivity contribution in [2.45, 2.75) is 6.92 Å². The van der Waals surface area contributed by atoms with Gasteiger partial charge >= 0.3 is 6.01 Å². The van der Waals surface area contributed by atoms with Crippen LogP contribution in [0.5, 0.6) is 23.3 Å². The molecule has 0 saturated heterocycles. The summed E-state index contributed by atoms with van der Waals surface area (Å²) in [7, 11) is 3.22. The zero-order valence-electron chi connectivity index (χ0n) is 23.7. The Kier molecular flexibility index (Phi) is 8.10. The number of anilines is 3. The molecule has 43 heavy (non-hydrogen) atoms. The Balaban J connectivity index is 1.47. The molecule has 0 atom stereocenters. The van der Waals surface area contributed by atoms with Crippen LogP contribution in [0.15, 0.2) is 42.7 Å². The Morgan fingerprint density at radius 3 is 2.19 bits per heavy atom. The molecule has 6 N–H and O–H groups in total. The number of benzene rings is 3. The van der Waals surface area contributed by atoms with E-state index in [1.54, 1.807) is 39.3 Å². The van der Waals surface area contributed by atoms with Gasteiger partial charge in [-0.2, -0.15) is 9.97 Å². The lowest BCUT2D eigenvalue weighted by Crippen LogP contribution is -2.32. The molecule has 0 amide bonds. The second kappa shape index (κ2) is 11.9. The van der Waals surface area contributed by atoms with Crippen molar-refractivity contribution in [2.75, 3.05) is 56.9 Å². The second-order valence-corrected chi connectivity index (χ2v) is 9.82. The van der Waals surface area contributed by atoms with Gasteiger partial charge in [0, 0.05) is 44.2 Å². The van der Waals surface area contributed by atoms with Gasteiger partial charge in [-0.15, -0.1) is 0 Å². The quantitative estimate of drug-likeness (QED) is 0.138. The highest BCUT2D eigenvalue weighted by molar-refractivity contribution is 6.33. The molecule has 1 aliphatic rings. The highest BCUT2D eigenvalue weighted by Crippen LogP contribution is 2.45. The largest absolute Gasteiger partial charge is 0.507 e. The number of carbonyl (C=O) groups is 2. The minimum absolute atomic E-state index is 0.000441. The van der Waals surface area contributed by atoms with E-state index in [1.165, 1.54) is 24.5 Å². The number of nitrogen functional groups attached to an aromatic ring is 2. The fraction of sp³-hybridized carbons (Fsp3) is 0.233. The van der Waals surface area contributed by atoms with Gasteiger partial charge in [-0.1, -0.05) is 6.07 Å². The van der Waals surface area contributed by atoms with Crippen molar-refractivity contribution in [2.24, 2.45) is 0 Å². The van der Waals surface area contributed by atoms with Crippen molar-refractivity contribution in [3.8, 4) is 34.4 Å². The number of aromatic nitrogens is 3. The molecule has 1 aliphatic carbocycles. The Morgan fingerprint density at radius 1 is 0.837 bits per heavy atom. The maximum atomic E-state index is 13.5. The number of hydrogen-bond donors (Lipinski definition) is 4. The van der Waals surface area contributed by atoms with E-state index >= 15 is 0 Å². The van der Waals surface area contributed by atoms with Gasteiger partial charge in [0.2, 0.25) is 17.5 Å². The Hall–Kier alpha value is -5.27. The normalized spacial score (nSPS) is 12.2. The van der Waals surface area contributed by atoms with Crippen LogP contribution in [0.1, 0.15) is 37.4 Å². The van der Waals surface area contributed by atoms with Crippen molar-refractivity contribution in [3.63, 3.8) is 0 Å². The lowest BCUT2D eigenvalue weighted by atomic mass is 9.80. The second-order valence-electron chi connectivity index (χ2n) is 9.82. The van der Waals surface area contributed by atoms with E-state index < -0.39 is 23.1 Å². The van der Waals surface area contributed by atoms with Crippen LogP contribution in [0.4, 0.5) is 17.3 Å². The first kappa shape index (κ1) is 29.2. The number of nitrogens with zero attached hydrogens (tertiary/aromatic N) is 4. The van der Waals surface area contributed by atoms with Crippen molar-refractivity contribution in [1.29, 1.82) is 0 Å². The molecule has 5 rings (SSSR count). The van der Waals surface area contributed by atoms with E-state index in [1.807, 2.05) is 4.90 Å². The number of phenolic OH excluding ortho intramolecular Hbond substituents is 2. The highest BCUT2D eigenvalue weighted by atomic mass is 16.5. The maximum Gasteiger partial charge on any atom is 0.326 e. The molecule has 3 aromatic carbocycles. The summed E-state index contributed by atoms with van der Waals surface area (Å²) in [6, 6.07) is 9.10. The highest BCUT2D eigenvalue weighted by Gasteiger charge is 2.38. The predicted molar refractivity (Wildman–Crippen MR) is 158 cm³/mol. The molecule has 1 aromatic heterocycles. The molecule has 13 nitrogen and oxygen atoms in total. The van der Waals surface area contributed by atoms with Crippen LogP contribution in [-0.2, 0) is 9.47 Å². The number of rotatable bonds is 10. The van der Waals surface area contributed by atoms with Crippen LogP contribution in [0.3, 0.4) is 0 Å². The molecule has 0 unspecified atom stereocenters. The van der Waals surface area contributed by atoms with Gasteiger partial charge < -0.3 is 40.8 Å². The minimum atomic E-state index is -0.712. The molecule has 0 radical (unpaired) electrons. The van der Waals surface area contributed by atoms with E-state index in [2.05, 4.69) is 15.0 Å². The maximum absolute atomic E-state index is 13.5. The topological polar surface area (TPSA) is 196 Å². The summed E-state index contributed by atoms with van der Waals surface area (Å²) < 4.78 is 16.3. The molecule has 0 bridgehead atoms. The van der Waals surface area contributed by atoms with Crippen LogP contribution in [-0.4, -0.2) is 77.3 Å². The van der Waals surface area contributed by atoms with Gasteiger partial charge in [0.15, 0.2) is 0 Å². The molecule has 4 aromatic rings. The van der Waals surface area contributed by atoms with Crippen LogP contribution in [0.2, 0.25) is 0 Å². The standard InChI is InChI=1S/C30H30N6O7/c1-15-12-16(4-7-21(15)43-30-34-14-33-29(35-30)36(8-10-41-2)9-11-42-3)17-13-19(32)23-25(26(17)38)28(40)22-18(31)5-6-20(37)24(22)27(23)39/h4-7,12-14,37-38H,8-11,31-32H2,1-3H3. The lowest BCUT2D eigenvalue weighted by Gasteiger charge is -2.23. The minimum Gasteiger partial charge on any atom is -0.507 e. The Labute approximate surface area is 246 Å². The van der Waals surface area contributed by atoms with E-state index in [9.17, 15) is 19.8 Å². The molecule has 0 spiro atoms. The number of ether oxygens (including phenoxy) is 3. The third-order valence-electron chi connectivity index (χ3n) is 7.09. The van der Waals surface area contributed by atoms with Crippen molar-refractivity contribution >= 4 is 28.9 Å². The van der Waals surface area contributed by atoms with Crippen LogP contribution < -0.4 is 21.1 Å². The first-order valence-corrected chi connectivity index (χ1v) is 13.2. The Bertz CT molecular complexity index is 1740. The first-order valence-electron chi connectivity index (χ1n) is 13.2. The van der Waals surface area contributed by atoms with E-state index in [4.69, 9.17) is 25.7 Å². The molecular weight excluding hydrogens is 556 g/mol. The van der Waals surface area contributed by atoms with Crippen LogP contribution in [0, 0.1) is 6.92 Å². The summed E-state index contributed by atoms with van der Waals surface area (Å²) in [5, 5.41) is 21.6. The number of carbonyl (C=O) groups excluding carboxylic acids is 2. The summed E-state index contributed by atoms with van der Waals surface area (Å²) in [6.07, 6.45) is 1.35. The van der Waals surface area contributed by atoms with Gasteiger partial charge in [0.1, 0.15) is 23.6 Å². The van der Waals surface area contributed by atoms with Crippen LogP contribution in [0.25, 0.3) is 11.1 Å². The van der Waals surface area contributed by atoms with Crippen molar-refractivity contribution in [3.05, 3.63) is 70.5 Å². The molecule has 13 heteroatoms. The van der Waals surface area contributed by atoms with Gasteiger partial charge in [-0.25, -0.2) is 4.98 Å². The Morgan fingerprint density at radius 2 is 1.51 bits per heavy atom. The number of ketones is 2. The number of methoxy groups -OCH3 is 2. The van der Waals surface area contributed by atoms with E-state index in [0.717, 1.165) is 0 Å². The van der Waals surface area contributed by atoms with Gasteiger partial charge in [-0.05, 0) is 48.4 Å². The monoisotopic (exact) mass is 586 g/mol. The van der Waals surface area contributed by atoms with E-state index in [0.29, 0.717) is 49.1 Å². The SMILES string of the molecule is COCCN(CCOC)c1ncnc(Oc2ccc(-c3cc(N)c4c(c3O)C(=O)c3c(N)ccc(O)c3C4=O)cc2C)n1. The number of aryl methyl sites for hydroxylation is 1. The summed E-state index contributed by atoms with van der Waals surface area (Å²) >= 11 is 0. The smallest absolute Gasteiger partial charge is 0.326 e. The summed E-state index contributed by atoms with van der Waals surface area (Å²) in [5.74, 6) is -1.40. The fourth-order valence-electron chi connectivity index (χ4n) is 4.93. The third-order valence-corrected chi connectivity index (χ3v) is 7.09. The fourth-order valence-corrected chi connectivity index (χ4v) is 4.93. The van der Waals surface area contributed by atoms with Gasteiger partial charge in [0.05, 0.1) is 35.5 Å². The number of fused-ring (bicyclic) bond motifs is 2. The molecule has 0 saturated carbocycles. The third kappa shape index (κ3) is 5.38. The number of nitrogens with two attached hydrogens (primary N) is 2. The van der Waals surface area contributed by atoms with E-state index in [-0.39, 0.29) is 45.2 Å². The van der Waals surface area contributed by atoms with Gasteiger partial charge in [-0.3, -0.25) is 9.59 Å². The molecule has 222 valence electrons. The molecule has 0 fully saturated rings. The van der Waals surface area contributed by atoms with Crippen LogP contribution >= 0.6 is 0 Å². The zero-order chi connectivity index (χ0) is 30.8. The summed E-state index contributed by atoms with van der Waals surface area (Å²) in [5.41, 5.74) is 12.7. The molecule has 1 heterocycles. The number of phenols is 2. The predicted octanol–water partition coefficient (Wildman–Crippen LogP) is 3.09. The first-order chi connectivity index (χ1) is 20.7. The van der Waals surface area contributed by atoms with Gasteiger partial charge in [0.25, 0.3) is 0 Å². The van der Waals surface area contributed by atoms with Crippen molar-refractivity contribution < 1.29 is 34.0 Å². The average Bonchev–Trinajstić information content (AvgIpc) is 2.99. The van der Waals surface area contributed by atoms with Crippen molar-refractivity contribution in [1.82, 2.24) is 15.0 Å². The molecular formula is C30H30N6O7. The lowest BCUT2D eigenvalue weighted by molar-refractivity contribution is 0.0975. The average molecular weight is 587 g/mol.